The largest absolute Gasteiger partial charge is 0.362 e. The Bertz CT molecular complexity index is 1030. The standard InChI is InChI=1S/C25H31FN4O/c1-6-18(3)29(25(31)20-15-11-12-16-22(20)26)17-21-23(7-2)27-30(24(21)28(4)5)19-13-9-8-10-14-19/h8-16,18H,6-7,17H2,1-5H3/t18-/m1/s1. The lowest BCUT2D eigenvalue weighted by molar-refractivity contribution is 0.0666. The van der Waals surface area contributed by atoms with Crippen molar-refractivity contribution in [1.82, 2.24) is 14.7 Å². The molecule has 0 aliphatic carbocycles. The average molecular weight is 423 g/mol. The average Bonchev–Trinajstić information content (AvgIpc) is 3.16. The number of carbonyl (C=O) groups excluding carboxylic acids is 1. The van der Waals surface area contributed by atoms with E-state index in [4.69, 9.17) is 5.10 Å². The molecule has 0 bridgehead atoms. The summed E-state index contributed by atoms with van der Waals surface area (Å²) in [5.41, 5.74) is 2.98. The fraction of sp³-hybridized carbons (Fsp3) is 0.360. The third-order valence-corrected chi connectivity index (χ3v) is 5.62. The lowest BCUT2D eigenvalue weighted by Gasteiger charge is -2.30. The second kappa shape index (κ2) is 9.77. The summed E-state index contributed by atoms with van der Waals surface area (Å²) in [5, 5.41) is 4.87. The maximum Gasteiger partial charge on any atom is 0.257 e. The molecular weight excluding hydrogens is 391 g/mol. The van der Waals surface area contributed by atoms with E-state index in [1.54, 1.807) is 23.1 Å². The van der Waals surface area contributed by atoms with Gasteiger partial charge in [0.05, 0.1) is 23.5 Å². The molecule has 0 saturated heterocycles. The summed E-state index contributed by atoms with van der Waals surface area (Å²) in [4.78, 5) is 17.2. The van der Waals surface area contributed by atoms with E-state index in [1.165, 1.54) is 6.07 Å². The summed E-state index contributed by atoms with van der Waals surface area (Å²) in [6.07, 6.45) is 1.50. The number of aryl methyl sites for hydroxylation is 1. The molecule has 3 aromatic rings. The van der Waals surface area contributed by atoms with Crippen molar-refractivity contribution in [3.63, 3.8) is 0 Å². The van der Waals surface area contributed by atoms with E-state index in [2.05, 4.69) is 6.92 Å². The molecular formula is C25H31FN4O. The predicted molar refractivity (Wildman–Crippen MR) is 123 cm³/mol. The Morgan fingerprint density at radius 2 is 1.71 bits per heavy atom. The Hall–Kier alpha value is -3.15. The second-order valence-electron chi connectivity index (χ2n) is 7.91. The third kappa shape index (κ3) is 4.63. The van der Waals surface area contributed by atoms with Gasteiger partial charge in [-0.05, 0) is 44.0 Å². The molecule has 0 saturated carbocycles. The maximum absolute atomic E-state index is 14.4. The van der Waals surface area contributed by atoms with Crippen LogP contribution in [0, 0.1) is 5.82 Å². The van der Waals surface area contributed by atoms with Gasteiger partial charge < -0.3 is 9.80 Å². The normalized spacial score (nSPS) is 11.9. The number of amides is 1. The zero-order chi connectivity index (χ0) is 22.5. The van der Waals surface area contributed by atoms with Crippen molar-refractivity contribution in [2.24, 2.45) is 0 Å². The first-order valence-electron chi connectivity index (χ1n) is 10.8. The van der Waals surface area contributed by atoms with Crippen LogP contribution in [0.3, 0.4) is 0 Å². The molecule has 1 atom stereocenters. The number of rotatable bonds is 8. The molecule has 1 heterocycles. The second-order valence-corrected chi connectivity index (χ2v) is 7.91. The van der Waals surface area contributed by atoms with Crippen molar-refractivity contribution in [1.29, 1.82) is 0 Å². The molecule has 5 nitrogen and oxygen atoms in total. The van der Waals surface area contributed by atoms with E-state index in [0.717, 1.165) is 35.6 Å². The molecule has 0 aliphatic heterocycles. The van der Waals surface area contributed by atoms with Crippen LogP contribution >= 0.6 is 0 Å². The van der Waals surface area contributed by atoms with Gasteiger partial charge in [0, 0.05) is 25.7 Å². The van der Waals surface area contributed by atoms with Crippen molar-refractivity contribution in [3.8, 4) is 5.69 Å². The van der Waals surface area contributed by atoms with Crippen molar-refractivity contribution in [2.45, 2.75) is 46.2 Å². The minimum absolute atomic E-state index is 0.0492. The zero-order valence-electron chi connectivity index (χ0n) is 19.0. The molecule has 0 aliphatic rings. The van der Waals surface area contributed by atoms with Gasteiger partial charge in [0.1, 0.15) is 11.6 Å². The van der Waals surface area contributed by atoms with Crippen molar-refractivity contribution in [2.75, 3.05) is 19.0 Å². The smallest absolute Gasteiger partial charge is 0.257 e. The van der Waals surface area contributed by atoms with Gasteiger partial charge in [-0.1, -0.05) is 44.2 Å². The SMILES string of the molecule is CCc1nn(-c2ccccc2)c(N(C)C)c1CN(C(=O)c1ccccc1F)[C@H](C)CC. The molecule has 0 radical (unpaired) electrons. The van der Waals surface area contributed by atoms with Gasteiger partial charge in [0.25, 0.3) is 5.91 Å². The number of aromatic nitrogens is 2. The van der Waals surface area contributed by atoms with Gasteiger partial charge in [-0.15, -0.1) is 0 Å². The van der Waals surface area contributed by atoms with Gasteiger partial charge in [0.2, 0.25) is 0 Å². The van der Waals surface area contributed by atoms with Gasteiger partial charge in [0.15, 0.2) is 0 Å². The molecule has 0 unspecified atom stereocenters. The quantitative estimate of drug-likeness (QED) is 0.508. The van der Waals surface area contributed by atoms with Crippen LogP contribution in [-0.2, 0) is 13.0 Å². The highest BCUT2D eigenvalue weighted by Crippen LogP contribution is 2.29. The molecule has 0 spiro atoms. The summed E-state index contributed by atoms with van der Waals surface area (Å²) in [5.74, 6) is 0.133. The van der Waals surface area contributed by atoms with Crippen molar-refractivity contribution < 1.29 is 9.18 Å². The lowest BCUT2D eigenvalue weighted by Crippen LogP contribution is -2.38. The molecule has 1 aromatic heterocycles. The lowest BCUT2D eigenvalue weighted by atomic mass is 10.1. The monoisotopic (exact) mass is 422 g/mol. The topological polar surface area (TPSA) is 41.4 Å². The van der Waals surface area contributed by atoms with Gasteiger partial charge in [-0.25, -0.2) is 9.07 Å². The summed E-state index contributed by atoms with van der Waals surface area (Å²) in [7, 11) is 3.96. The Kier molecular flexibility index (Phi) is 7.10. The first kappa shape index (κ1) is 22.5. The number of hydrogen-bond acceptors (Lipinski definition) is 3. The molecule has 164 valence electrons. The van der Waals surface area contributed by atoms with Gasteiger partial charge >= 0.3 is 0 Å². The van der Waals surface area contributed by atoms with E-state index in [9.17, 15) is 9.18 Å². The fourth-order valence-electron chi connectivity index (χ4n) is 3.75. The summed E-state index contributed by atoms with van der Waals surface area (Å²) >= 11 is 0. The Balaban J connectivity index is 2.10. The van der Waals surface area contributed by atoms with E-state index >= 15 is 0 Å². The number of nitrogens with zero attached hydrogens (tertiary/aromatic N) is 4. The van der Waals surface area contributed by atoms with Gasteiger partial charge in [-0.3, -0.25) is 4.79 Å². The first-order valence-corrected chi connectivity index (χ1v) is 10.8. The Morgan fingerprint density at radius 3 is 2.29 bits per heavy atom. The number of carbonyl (C=O) groups is 1. The van der Waals surface area contributed by atoms with Crippen LogP contribution in [0.4, 0.5) is 10.2 Å². The summed E-state index contributed by atoms with van der Waals surface area (Å²) in [6, 6.07) is 16.1. The van der Waals surface area contributed by atoms with Gasteiger partial charge in [-0.2, -0.15) is 5.10 Å². The van der Waals surface area contributed by atoms with Crippen molar-refractivity contribution in [3.05, 3.63) is 77.2 Å². The van der Waals surface area contributed by atoms with E-state index < -0.39 is 5.82 Å². The zero-order valence-corrected chi connectivity index (χ0v) is 19.0. The Labute approximate surface area is 184 Å². The predicted octanol–water partition coefficient (Wildman–Crippen LogP) is 5.08. The van der Waals surface area contributed by atoms with Crippen molar-refractivity contribution >= 4 is 11.7 Å². The molecule has 0 fully saturated rings. The van der Waals surface area contributed by atoms with Crippen LogP contribution in [0.25, 0.3) is 5.69 Å². The first-order chi connectivity index (χ1) is 14.9. The van der Waals surface area contributed by atoms with E-state index in [1.807, 2.05) is 67.9 Å². The van der Waals surface area contributed by atoms with Crippen LogP contribution in [-0.4, -0.2) is 40.7 Å². The summed E-state index contributed by atoms with van der Waals surface area (Å²) in [6.45, 7) is 6.47. The molecule has 3 rings (SSSR count). The molecule has 6 heteroatoms. The minimum Gasteiger partial charge on any atom is -0.362 e. The minimum atomic E-state index is -0.496. The molecule has 0 N–H and O–H groups in total. The van der Waals surface area contributed by atoms with E-state index in [0.29, 0.717) is 6.54 Å². The molecule has 31 heavy (non-hydrogen) atoms. The van der Waals surface area contributed by atoms with Crippen LogP contribution in [0.5, 0.6) is 0 Å². The number of anilines is 1. The molecule has 1 amide bonds. The highest BCUT2D eigenvalue weighted by atomic mass is 19.1. The van der Waals surface area contributed by atoms with Crippen LogP contribution < -0.4 is 4.90 Å². The number of halogens is 1. The number of benzene rings is 2. The third-order valence-electron chi connectivity index (χ3n) is 5.62. The fourth-order valence-corrected chi connectivity index (χ4v) is 3.75. The Morgan fingerprint density at radius 1 is 1.06 bits per heavy atom. The highest BCUT2D eigenvalue weighted by Gasteiger charge is 2.28. The number of hydrogen-bond donors (Lipinski definition) is 0. The van der Waals surface area contributed by atoms with Crippen LogP contribution in [0.1, 0.15) is 48.8 Å². The molecule has 2 aromatic carbocycles. The van der Waals surface area contributed by atoms with Crippen LogP contribution in [0.15, 0.2) is 54.6 Å². The number of para-hydroxylation sites is 1. The van der Waals surface area contributed by atoms with Crippen LogP contribution in [0.2, 0.25) is 0 Å². The highest BCUT2D eigenvalue weighted by molar-refractivity contribution is 5.94. The summed E-state index contributed by atoms with van der Waals surface area (Å²) < 4.78 is 16.3. The van der Waals surface area contributed by atoms with E-state index in [-0.39, 0.29) is 17.5 Å². The maximum atomic E-state index is 14.4.